The smallest absolute Gasteiger partial charge is 0.320 e. The molecule has 0 bridgehead atoms. The highest BCUT2D eigenvalue weighted by molar-refractivity contribution is 5.86. The molecule has 118 valence electrons. The van der Waals surface area contributed by atoms with Crippen molar-refractivity contribution in [2.45, 2.75) is 45.1 Å². The van der Waals surface area contributed by atoms with Crippen LogP contribution in [0.1, 0.15) is 39.0 Å². The molecule has 1 atom stereocenters. The second-order valence-electron chi connectivity index (χ2n) is 6.24. The number of rotatable bonds is 2. The van der Waals surface area contributed by atoms with Crippen LogP contribution in [0.15, 0.2) is 0 Å². The van der Waals surface area contributed by atoms with E-state index >= 15 is 0 Å². The lowest BCUT2D eigenvalue weighted by atomic mass is 9.80. The second-order valence-corrected chi connectivity index (χ2v) is 6.24. The Morgan fingerprint density at radius 1 is 1.14 bits per heavy atom. The molecule has 0 spiro atoms. The van der Waals surface area contributed by atoms with Crippen molar-refractivity contribution in [2.24, 2.45) is 11.1 Å². The molecular weight excluding hydrogens is 274 g/mol. The van der Waals surface area contributed by atoms with Gasteiger partial charge >= 0.3 is 12.0 Å². The van der Waals surface area contributed by atoms with Gasteiger partial charge in [-0.05, 0) is 39.0 Å². The fraction of sp³-hybridized carbons (Fsp3) is 0.786. The molecule has 2 saturated heterocycles. The summed E-state index contributed by atoms with van der Waals surface area (Å²) in [7, 11) is 0. The van der Waals surface area contributed by atoms with Crippen molar-refractivity contribution in [1.29, 1.82) is 0 Å². The summed E-state index contributed by atoms with van der Waals surface area (Å²) in [5.74, 6) is -1.28. The number of carboxylic acids is 1. The number of hydrogen-bond acceptors (Lipinski definition) is 3. The van der Waals surface area contributed by atoms with E-state index in [0.717, 1.165) is 12.8 Å². The number of carboxylic acid groups (broad SMARTS) is 1. The Morgan fingerprint density at radius 3 is 2.29 bits per heavy atom. The van der Waals surface area contributed by atoms with Crippen molar-refractivity contribution in [3.8, 4) is 0 Å². The Labute approximate surface area is 124 Å². The van der Waals surface area contributed by atoms with Gasteiger partial charge < -0.3 is 20.6 Å². The van der Waals surface area contributed by atoms with Gasteiger partial charge in [-0.2, -0.15) is 0 Å². The lowest BCUT2D eigenvalue weighted by Gasteiger charge is -2.41. The van der Waals surface area contributed by atoms with E-state index < -0.39 is 23.3 Å². The molecule has 2 aliphatic rings. The number of carbonyl (C=O) groups excluding carboxylic acids is 2. The fourth-order valence-corrected chi connectivity index (χ4v) is 3.04. The zero-order valence-electron chi connectivity index (χ0n) is 12.4. The van der Waals surface area contributed by atoms with Crippen LogP contribution in [0.25, 0.3) is 0 Å². The molecule has 0 saturated carbocycles. The number of hydrogen-bond donors (Lipinski definition) is 2. The van der Waals surface area contributed by atoms with E-state index in [9.17, 15) is 19.5 Å². The van der Waals surface area contributed by atoms with Gasteiger partial charge in [-0.3, -0.25) is 9.59 Å². The minimum atomic E-state index is -0.817. The number of nitrogens with zero attached hydrogens (tertiary/aromatic N) is 2. The molecular formula is C14H23N3O4. The maximum absolute atomic E-state index is 12.5. The Kier molecular flexibility index (Phi) is 4.39. The normalized spacial score (nSPS) is 25.5. The Hall–Kier alpha value is -1.79. The van der Waals surface area contributed by atoms with E-state index in [4.69, 9.17) is 5.73 Å². The third kappa shape index (κ3) is 3.11. The number of urea groups is 1. The first-order chi connectivity index (χ1) is 9.85. The molecule has 0 aromatic rings. The van der Waals surface area contributed by atoms with Gasteiger partial charge in [0.25, 0.3) is 0 Å². The SMILES string of the molecule is CC1(C(=O)O)CCN(C(=O)N2CCCCC2C(N)=O)CC1. The van der Waals surface area contributed by atoms with E-state index in [1.54, 1.807) is 16.7 Å². The molecule has 0 radical (unpaired) electrons. The third-order valence-electron chi connectivity index (χ3n) is 4.73. The van der Waals surface area contributed by atoms with Gasteiger partial charge in [0.2, 0.25) is 5.91 Å². The maximum atomic E-state index is 12.5. The molecule has 3 amide bonds. The summed E-state index contributed by atoms with van der Waals surface area (Å²) in [4.78, 5) is 38.4. The first-order valence-corrected chi connectivity index (χ1v) is 7.43. The van der Waals surface area contributed by atoms with Gasteiger partial charge in [0.15, 0.2) is 0 Å². The lowest BCUT2D eigenvalue weighted by Crippen LogP contribution is -2.57. The standard InChI is InChI=1S/C14H23N3O4/c1-14(12(19)20)5-8-16(9-6-14)13(21)17-7-3-2-4-10(17)11(15)18/h10H,2-9H2,1H3,(H2,15,18)(H,19,20). The van der Waals surface area contributed by atoms with E-state index in [0.29, 0.717) is 38.9 Å². The highest BCUT2D eigenvalue weighted by Crippen LogP contribution is 2.32. The first kappa shape index (κ1) is 15.6. The predicted molar refractivity (Wildman–Crippen MR) is 75.5 cm³/mol. The number of carbonyl (C=O) groups is 3. The fourth-order valence-electron chi connectivity index (χ4n) is 3.04. The quantitative estimate of drug-likeness (QED) is 0.780. The first-order valence-electron chi connectivity index (χ1n) is 7.43. The van der Waals surface area contributed by atoms with Gasteiger partial charge in [-0.25, -0.2) is 4.79 Å². The van der Waals surface area contributed by atoms with E-state index in [-0.39, 0.29) is 6.03 Å². The monoisotopic (exact) mass is 297 g/mol. The van der Waals surface area contributed by atoms with Crippen LogP contribution in [0.5, 0.6) is 0 Å². The summed E-state index contributed by atoms with van der Waals surface area (Å²) >= 11 is 0. The molecule has 7 heteroatoms. The average molecular weight is 297 g/mol. The summed E-state index contributed by atoms with van der Waals surface area (Å²) in [6.07, 6.45) is 3.25. The minimum Gasteiger partial charge on any atom is -0.481 e. The van der Waals surface area contributed by atoms with Gasteiger partial charge in [0.05, 0.1) is 5.41 Å². The molecule has 0 aromatic heterocycles. The molecule has 0 aromatic carbocycles. The lowest BCUT2D eigenvalue weighted by molar-refractivity contribution is -0.150. The highest BCUT2D eigenvalue weighted by Gasteiger charge is 2.40. The van der Waals surface area contributed by atoms with E-state index in [1.807, 2.05) is 0 Å². The van der Waals surface area contributed by atoms with Crippen LogP contribution in [0.4, 0.5) is 4.79 Å². The highest BCUT2D eigenvalue weighted by atomic mass is 16.4. The molecule has 0 aliphatic carbocycles. The van der Waals surface area contributed by atoms with Crippen molar-refractivity contribution in [1.82, 2.24) is 9.80 Å². The van der Waals surface area contributed by atoms with Crippen molar-refractivity contribution in [3.63, 3.8) is 0 Å². The number of nitrogens with two attached hydrogens (primary N) is 1. The largest absolute Gasteiger partial charge is 0.481 e. The van der Waals surface area contributed by atoms with Crippen LogP contribution in [0.2, 0.25) is 0 Å². The summed E-state index contributed by atoms with van der Waals surface area (Å²) in [6.45, 7) is 3.07. The molecule has 2 aliphatic heterocycles. The number of amides is 3. The van der Waals surface area contributed by atoms with Crippen molar-refractivity contribution >= 4 is 17.9 Å². The van der Waals surface area contributed by atoms with Crippen LogP contribution < -0.4 is 5.73 Å². The molecule has 21 heavy (non-hydrogen) atoms. The molecule has 2 fully saturated rings. The average Bonchev–Trinajstić information content (AvgIpc) is 2.47. The Morgan fingerprint density at radius 2 is 1.76 bits per heavy atom. The minimum absolute atomic E-state index is 0.189. The number of likely N-dealkylation sites (tertiary alicyclic amines) is 2. The van der Waals surface area contributed by atoms with Crippen LogP contribution >= 0.6 is 0 Å². The van der Waals surface area contributed by atoms with Crippen LogP contribution in [0.3, 0.4) is 0 Å². The zero-order valence-corrected chi connectivity index (χ0v) is 12.4. The van der Waals surface area contributed by atoms with Crippen LogP contribution in [-0.2, 0) is 9.59 Å². The topological polar surface area (TPSA) is 104 Å². The Balaban J connectivity index is 2.01. The summed E-state index contributed by atoms with van der Waals surface area (Å²) in [5, 5.41) is 9.21. The van der Waals surface area contributed by atoms with Crippen molar-refractivity contribution < 1.29 is 19.5 Å². The number of primary amides is 1. The zero-order chi connectivity index (χ0) is 15.6. The summed E-state index contributed by atoms with van der Waals surface area (Å²) in [5.41, 5.74) is 4.62. The molecule has 1 unspecified atom stereocenters. The Bertz CT molecular complexity index is 444. The summed E-state index contributed by atoms with van der Waals surface area (Å²) in [6, 6.07) is -0.718. The molecule has 2 rings (SSSR count). The van der Waals surface area contributed by atoms with E-state index in [1.165, 1.54) is 0 Å². The van der Waals surface area contributed by atoms with Gasteiger partial charge in [0, 0.05) is 19.6 Å². The predicted octanol–water partition coefficient (Wildman–Crippen LogP) is 0.633. The second kappa shape index (κ2) is 5.91. The summed E-state index contributed by atoms with van der Waals surface area (Å²) < 4.78 is 0. The van der Waals surface area contributed by atoms with Gasteiger partial charge in [-0.1, -0.05) is 0 Å². The molecule has 3 N–H and O–H groups in total. The maximum Gasteiger partial charge on any atom is 0.320 e. The number of aliphatic carboxylic acids is 1. The van der Waals surface area contributed by atoms with Crippen LogP contribution in [-0.4, -0.2) is 58.5 Å². The van der Waals surface area contributed by atoms with Crippen molar-refractivity contribution in [2.75, 3.05) is 19.6 Å². The van der Waals surface area contributed by atoms with Gasteiger partial charge in [-0.15, -0.1) is 0 Å². The van der Waals surface area contributed by atoms with Gasteiger partial charge in [0.1, 0.15) is 6.04 Å². The third-order valence-corrected chi connectivity index (χ3v) is 4.73. The van der Waals surface area contributed by atoms with Crippen molar-refractivity contribution in [3.05, 3.63) is 0 Å². The number of piperidine rings is 2. The molecule has 2 heterocycles. The van der Waals surface area contributed by atoms with E-state index in [2.05, 4.69) is 0 Å². The molecule has 7 nitrogen and oxygen atoms in total. The van der Waals surface area contributed by atoms with Crippen LogP contribution in [0, 0.1) is 5.41 Å².